The fraction of sp³-hybridized carbons (Fsp3) is 0.538. The van der Waals surface area contributed by atoms with Crippen LogP contribution in [0.15, 0.2) is 28.7 Å². The molecular weight excluding hydrogens is 266 g/mol. The van der Waals surface area contributed by atoms with Gasteiger partial charge in [0.15, 0.2) is 0 Å². The van der Waals surface area contributed by atoms with Gasteiger partial charge in [-0.05, 0) is 37.6 Å². The highest BCUT2D eigenvalue weighted by Gasteiger charge is 2.10. The number of nitrogens with one attached hydrogen (secondary N) is 1. The van der Waals surface area contributed by atoms with Crippen molar-refractivity contribution in [3.8, 4) is 0 Å². The molecule has 1 unspecified atom stereocenters. The van der Waals surface area contributed by atoms with Gasteiger partial charge in [0.1, 0.15) is 0 Å². The molecule has 0 aliphatic carbocycles. The molecular formula is C13H20BrNO. The fourth-order valence-corrected chi connectivity index (χ4v) is 1.97. The van der Waals surface area contributed by atoms with E-state index in [0.29, 0.717) is 0 Å². The minimum atomic E-state index is 0.289. The van der Waals surface area contributed by atoms with Crippen molar-refractivity contribution >= 4 is 15.9 Å². The van der Waals surface area contributed by atoms with Crippen LogP contribution in [-0.2, 0) is 4.74 Å². The van der Waals surface area contributed by atoms with Gasteiger partial charge in [0.05, 0.1) is 12.6 Å². The predicted octanol–water partition coefficient (Wildman–Crippen LogP) is 3.53. The first-order chi connectivity index (χ1) is 7.77. The van der Waals surface area contributed by atoms with Gasteiger partial charge in [0, 0.05) is 11.1 Å². The quantitative estimate of drug-likeness (QED) is 0.828. The molecule has 0 radical (unpaired) electrons. The Kier molecular flexibility index (Phi) is 6.69. The van der Waals surface area contributed by atoms with Crippen molar-refractivity contribution < 1.29 is 4.74 Å². The zero-order chi connectivity index (χ0) is 11.8. The van der Waals surface area contributed by atoms with Crippen LogP contribution in [0.2, 0.25) is 0 Å². The number of hydrogen-bond donors (Lipinski definition) is 1. The van der Waals surface area contributed by atoms with Gasteiger partial charge in [-0.3, -0.25) is 0 Å². The van der Waals surface area contributed by atoms with Gasteiger partial charge < -0.3 is 10.1 Å². The summed E-state index contributed by atoms with van der Waals surface area (Å²) in [6.07, 6.45) is 1.14. The number of hydrogen-bond acceptors (Lipinski definition) is 2. The van der Waals surface area contributed by atoms with E-state index in [1.165, 1.54) is 5.56 Å². The molecule has 0 heterocycles. The summed E-state index contributed by atoms with van der Waals surface area (Å²) in [7, 11) is 0. The molecule has 0 amide bonds. The van der Waals surface area contributed by atoms with Crippen LogP contribution >= 0.6 is 15.9 Å². The highest BCUT2D eigenvalue weighted by atomic mass is 79.9. The maximum atomic E-state index is 5.51. The van der Waals surface area contributed by atoms with Crippen LogP contribution in [0.3, 0.4) is 0 Å². The van der Waals surface area contributed by atoms with Gasteiger partial charge in [-0.2, -0.15) is 0 Å². The summed E-state index contributed by atoms with van der Waals surface area (Å²) < 4.78 is 6.62. The molecule has 1 aromatic carbocycles. The van der Waals surface area contributed by atoms with E-state index >= 15 is 0 Å². The third kappa shape index (κ3) is 4.64. The van der Waals surface area contributed by atoms with Crippen molar-refractivity contribution in [2.45, 2.75) is 26.3 Å². The molecule has 1 N–H and O–H groups in total. The molecule has 1 aromatic rings. The first-order valence-corrected chi connectivity index (χ1v) is 6.63. The number of ether oxygens (including phenoxy) is 1. The van der Waals surface area contributed by atoms with Gasteiger partial charge in [0.25, 0.3) is 0 Å². The van der Waals surface area contributed by atoms with Crippen molar-refractivity contribution in [1.29, 1.82) is 0 Å². The molecule has 90 valence electrons. The summed E-state index contributed by atoms with van der Waals surface area (Å²) in [6, 6.07) is 8.67. The van der Waals surface area contributed by atoms with E-state index in [-0.39, 0.29) is 6.04 Å². The van der Waals surface area contributed by atoms with Gasteiger partial charge >= 0.3 is 0 Å². The largest absolute Gasteiger partial charge is 0.380 e. The summed E-state index contributed by atoms with van der Waals surface area (Å²) in [5, 5.41) is 3.50. The zero-order valence-electron chi connectivity index (χ0n) is 10.0. The van der Waals surface area contributed by atoms with E-state index in [9.17, 15) is 0 Å². The monoisotopic (exact) mass is 285 g/mol. The van der Waals surface area contributed by atoms with Gasteiger partial charge in [0.2, 0.25) is 0 Å². The third-order valence-corrected chi connectivity index (χ3v) is 2.87. The van der Waals surface area contributed by atoms with Crippen molar-refractivity contribution in [2.75, 3.05) is 19.8 Å². The van der Waals surface area contributed by atoms with Crippen molar-refractivity contribution in [2.24, 2.45) is 0 Å². The van der Waals surface area contributed by atoms with E-state index in [4.69, 9.17) is 4.74 Å². The van der Waals surface area contributed by atoms with Crippen molar-refractivity contribution in [1.82, 2.24) is 5.32 Å². The van der Waals surface area contributed by atoms with E-state index in [2.05, 4.69) is 46.4 Å². The molecule has 0 saturated heterocycles. The second-order valence-corrected chi connectivity index (χ2v) is 4.64. The lowest BCUT2D eigenvalue weighted by molar-refractivity contribution is 0.123. The highest BCUT2D eigenvalue weighted by Crippen LogP contribution is 2.18. The average molecular weight is 286 g/mol. The van der Waals surface area contributed by atoms with Crippen LogP contribution in [0.25, 0.3) is 0 Å². The van der Waals surface area contributed by atoms with Crippen LogP contribution in [0.4, 0.5) is 0 Å². The molecule has 3 heteroatoms. The van der Waals surface area contributed by atoms with Gasteiger partial charge in [-0.25, -0.2) is 0 Å². The average Bonchev–Trinajstić information content (AvgIpc) is 2.29. The molecule has 0 spiro atoms. The molecule has 1 rings (SSSR count). The number of benzene rings is 1. The molecule has 0 aliphatic heterocycles. The summed E-state index contributed by atoms with van der Waals surface area (Å²) >= 11 is 3.50. The summed E-state index contributed by atoms with van der Waals surface area (Å²) in [4.78, 5) is 0. The van der Waals surface area contributed by atoms with E-state index in [0.717, 1.165) is 30.7 Å². The fourth-order valence-electron chi connectivity index (χ4n) is 1.55. The maximum Gasteiger partial charge on any atom is 0.0661 e. The van der Waals surface area contributed by atoms with Crippen LogP contribution in [0.1, 0.15) is 31.9 Å². The highest BCUT2D eigenvalue weighted by molar-refractivity contribution is 9.10. The predicted molar refractivity (Wildman–Crippen MR) is 71.7 cm³/mol. The Hall–Kier alpha value is -0.380. The summed E-state index contributed by atoms with van der Waals surface area (Å²) in [6.45, 7) is 6.71. The van der Waals surface area contributed by atoms with E-state index in [1.807, 2.05) is 13.0 Å². The van der Waals surface area contributed by atoms with Gasteiger partial charge in [-0.15, -0.1) is 0 Å². The lowest BCUT2D eigenvalue weighted by atomic mass is 10.1. The Balaban J connectivity index is 2.66. The summed E-state index contributed by atoms with van der Waals surface area (Å²) in [5.41, 5.74) is 1.27. The van der Waals surface area contributed by atoms with Crippen LogP contribution < -0.4 is 5.32 Å². The Bertz CT molecular complexity index is 296. The molecule has 0 fully saturated rings. The molecule has 2 nitrogen and oxygen atoms in total. The normalized spacial score (nSPS) is 12.7. The minimum Gasteiger partial charge on any atom is -0.380 e. The van der Waals surface area contributed by atoms with Crippen LogP contribution in [0, 0.1) is 0 Å². The Morgan fingerprint density at radius 1 is 1.38 bits per heavy atom. The standard InChI is InChI=1S/C13H20BrNO/c1-3-8-15-13(10-16-4-2)11-6-5-7-12(14)9-11/h5-7,9,13,15H,3-4,8,10H2,1-2H3. The second-order valence-electron chi connectivity index (χ2n) is 3.72. The SMILES string of the molecule is CCCNC(COCC)c1cccc(Br)c1. The Morgan fingerprint density at radius 3 is 2.81 bits per heavy atom. The Labute approximate surface area is 107 Å². The number of rotatable bonds is 7. The van der Waals surface area contributed by atoms with Crippen LogP contribution in [0.5, 0.6) is 0 Å². The first kappa shape index (κ1) is 13.7. The Morgan fingerprint density at radius 2 is 2.19 bits per heavy atom. The molecule has 0 aliphatic rings. The molecule has 1 atom stereocenters. The van der Waals surface area contributed by atoms with E-state index < -0.39 is 0 Å². The third-order valence-electron chi connectivity index (χ3n) is 2.38. The minimum absolute atomic E-state index is 0.289. The van der Waals surface area contributed by atoms with Crippen molar-refractivity contribution in [3.05, 3.63) is 34.3 Å². The first-order valence-electron chi connectivity index (χ1n) is 5.84. The summed E-state index contributed by atoms with van der Waals surface area (Å²) in [5.74, 6) is 0. The molecule has 0 bridgehead atoms. The van der Waals surface area contributed by atoms with Crippen LogP contribution in [-0.4, -0.2) is 19.8 Å². The molecule has 16 heavy (non-hydrogen) atoms. The smallest absolute Gasteiger partial charge is 0.0661 e. The topological polar surface area (TPSA) is 21.3 Å². The zero-order valence-corrected chi connectivity index (χ0v) is 11.6. The lowest BCUT2D eigenvalue weighted by Crippen LogP contribution is -2.26. The molecule has 0 aromatic heterocycles. The van der Waals surface area contributed by atoms with Gasteiger partial charge in [-0.1, -0.05) is 35.0 Å². The number of halogens is 1. The second kappa shape index (κ2) is 7.82. The molecule has 0 saturated carbocycles. The lowest BCUT2D eigenvalue weighted by Gasteiger charge is -2.19. The van der Waals surface area contributed by atoms with Crippen molar-refractivity contribution in [3.63, 3.8) is 0 Å². The van der Waals surface area contributed by atoms with E-state index in [1.54, 1.807) is 0 Å². The maximum absolute atomic E-state index is 5.51.